The highest BCUT2D eigenvalue weighted by atomic mass is 32.2. The second-order valence-corrected chi connectivity index (χ2v) is 9.75. The lowest BCUT2D eigenvalue weighted by molar-refractivity contribution is -0.304. The van der Waals surface area contributed by atoms with Crippen LogP contribution in [0.15, 0.2) is 40.3 Å². The summed E-state index contributed by atoms with van der Waals surface area (Å²) in [7, 11) is 0. The monoisotopic (exact) mass is 415 g/mol. The standard InChI is InChI=1S/C20H20N2O4S2/c1-11(18(24)25)27-19-21-16-15(13-9-20(2,3)26-10-14(13)28-16)17(23)22(19)12-7-5-4-6-8-12/h4-8,11H,9-10H2,1-3H3,(H,24,25)/p-1. The Labute approximate surface area is 170 Å². The zero-order chi connectivity index (χ0) is 20.1. The number of ether oxygens (including phenoxy) is 1. The number of para-hydroxylation sites is 1. The predicted octanol–water partition coefficient (Wildman–Crippen LogP) is 2.53. The number of carboxylic acids is 1. The number of hydrogen-bond acceptors (Lipinski definition) is 7. The number of nitrogens with zero attached hydrogens (tertiary/aromatic N) is 2. The Kier molecular flexibility index (Phi) is 4.81. The summed E-state index contributed by atoms with van der Waals surface area (Å²) in [6, 6.07) is 9.16. The molecule has 1 aliphatic heterocycles. The average molecular weight is 416 g/mol. The van der Waals surface area contributed by atoms with Gasteiger partial charge in [-0.3, -0.25) is 9.36 Å². The zero-order valence-corrected chi connectivity index (χ0v) is 17.4. The molecule has 0 aliphatic carbocycles. The van der Waals surface area contributed by atoms with Gasteiger partial charge in [0.1, 0.15) is 4.83 Å². The van der Waals surface area contributed by atoms with Gasteiger partial charge >= 0.3 is 0 Å². The molecule has 146 valence electrons. The highest BCUT2D eigenvalue weighted by Crippen LogP contribution is 2.38. The maximum atomic E-state index is 13.6. The third-order valence-corrected chi connectivity index (χ3v) is 6.83. The summed E-state index contributed by atoms with van der Waals surface area (Å²) >= 11 is 2.46. The lowest BCUT2D eigenvalue weighted by Gasteiger charge is -2.30. The van der Waals surface area contributed by atoms with Crippen molar-refractivity contribution in [2.75, 3.05) is 0 Å². The van der Waals surface area contributed by atoms with Gasteiger partial charge < -0.3 is 14.6 Å². The normalized spacial score (nSPS) is 16.7. The van der Waals surface area contributed by atoms with E-state index in [1.165, 1.54) is 22.8 Å². The van der Waals surface area contributed by atoms with Gasteiger partial charge in [0.25, 0.3) is 5.56 Å². The minimum Gasteiger partial charge on any atom is -0.549 e. The Morgan fingerprint density at radius 3 is 2.75 bits per heavy atom. The van der Waals surface area contributed by atoms with E-state index in [9.17, 15) is 14.7 Å². The number of carboxylic acid groups (broad SMARTS) is 1. The molecule has 0 saturated carbocycles. The minimum atomic E-state index is -1.19. The number of aliphatic carboxylic acids is 1. The number of hydrogen-bond donors (Lipinski definition) is 0. The van der Waals surface area contributed by atoms with Gasteiger partial charge in [0.05, 0.1) is 29.3 Å². The van der Waals surface area contributed by atoms with E-state index >= 15 is 0 Å². The molecule has 0 bridgehead atoms. The lowest BCUT2D eigenvalue weighted by atomic mass is 9.94. The van der Waals surface area contributed by atoms with Crippen molar-refractivity contribution >= 4 is 39.3 Å². The molecule has 3 aromatic rings. The van der Waals surface area contributed by atoms with Crippen LogP contribution < -0.4 is 10.7 Å². The Morgan fingerprint density at radius 2 is 2.07 bits per heavy atom. The maximum absolute atomic E-state index is 13.6. The Bertz CT molecular complexity index is 1120. The largest absolute Gasteiger partial charge is 0.549 e. The molecular weight excluding hydrogens is 396 g/mol. The van der Waals surface area contributed by atoms with Gasteiger partial charge in [-0.05, 0) is 38.5 Å². The molecule has 0 N–H and O–H groups in total. The van der Waals surface area contributed by atoms with Gasteiger partial charge in [-0.1, -0.05) is 30.0 Å². The van der Waals surface area contributed by atoms with E-state index in [1.54, 1.807) is 0 Å². The Hall–Kier alpha value is -2.16. The van der Waals surface area contributed by atoms with Crippen molar-refractivity contribution in [3.8, 4) is 5.69 Å². The molecule has 0 fully saturated rings. The SMILES string of the molecule is CC(Sc1nc2sc3c(c2c(=O)n1-c1ccccc1)CC(C)(C)OC3)C(=O)[O-]. The first-order chi connectivity index (χ1) is 13.3. The van der Waals surface area contributed by atoms with Gasteiger partial charge in [-0.15, -0.1) is 11.3 Å². The molecule has 4 rings (SSSR count). The molecule has 1 unspecified atom stereocenters. The van der Waals surface area contributed by atoms with E-state index in [1.807, 2.05) is 44.2 Å². The van der Waals surface area contributed by atoms with Crippen LogP contribution in [-0.4, -0.2) is 26.4 Å². The minimum absolute atomic E-state index is 0.181. The van der Waals surface area contributed by atoms with Crippen LogP contribution in [0.3, 0.4) is 0 Å². The van der Waals surface area contributed by atoms with Crippen LogP contribution in [0.5, 0.6) is 0 Å². The van der Waals surface area contributed by atoms with E-state index in [2.05, 4.69) is 4.98 Å². The van der Waals surface area contributed by atoms with Crippen LogP contribution in [0.25, 0.3) is 15.9 Å². The predicted molar refractivity (Wildman–Crippen MR) is 108 cm³/mol. The first-order valence-corrected chi connectivity index (χ1v) is 10.6. The molecule has 1 aromatic carbocycles. The summed E-state index contributed by atoms with van der Waals surface area (Å²) < 4.78 is 7.39. The van der Waals surface area contributed by atoms with E-state index < -0.39 is 11.2 Å². The molecule has 0 saturated heterocycles. The van der Waals surface area contributed by atoms with Crippen molar-refractivity contribution in [3.63, 3.8) is 0 Å². The molecule has 8 heteroatoms. The maximum Gasteiger partial charge on any atom is 0.267 e. The van der Waals surface area contributed by atoms with Crippen LogP contribution >= 0.6 is 23.1 Å². The molecule has 1 atom stereocenters. The van der Waals surface area contributed by atoms with Crippen molar-refractivity contribution in [2.45, 2.75) is 49.8 Å². The van der Waals surface area contributed by atoms with Crippen molar-refractivity contribution < 1.29 is 14.6 Å². The topological polar surface area (TPSA) is 84.2 Å². The van der Waals surface area contributed by atoms with Crippen LogP contribution in [0.2, 0.25) is 0 Å². The van der Waals surface area contributed by atoms with Crippen molar-refractivity contribution in [1.29, 1.82) is 0 Å². The molecular formula is C20H19N2O4S2-. The highest BCUT2D eigenvalue weighted by Gasteiger charge is 2.31. The van der Waals surface area contributed by atoms with E-state index in [0.717, 1.165) is 22.2 Å². The van der Waals surface area contributed by atoms with Crippen molar-refractivity contribution in [1.82, 2.24) is 9.55 Å². The summed E-state index contributed by atoms with van der Waals surface area (Å²) in [5, 5.41) is 11.4. The van der Waals surface area contributed by atoms with Gasteiger partial charge in [0.15, 0.2) is 5.16 Å². The number of thiophene rings is 1. The van der Waals surface area contributed by atoms with Crippen LogP contribution in [0.4, 0.5) is 0 Å². The summed E-state index contributed by atoms with van der Waals surface area (Å²) in [6.07, 6.45) is 0.635. The van der Waals surface area contributed by atoms with Gasteiger partial charge in [-0.2, -0.15) is 0 Å². The fourth-order valence-electron chi connectivity index (χ4n) is 3.26. The number of thioether (sulfide) groups is 1. The molecule has 28 heavy (non-hydrogen) atoms. The van der Waals surface area contributed by atoms with Crippen LogP contribution in [0, 0.1) is 0 Å². The first kappa shape index (κ1) is 19.2. The van der Waals surface area contributed by atoms with E-state index in [4.69, 9.17) is 4.74 Å². The van der Waals surface area contributed by atoms with E-state index in [-0.39, 0.29) is 11.2 Å². The third-order valence-electron chi connectivity index (χ3n) is 4.70. The number of carbonyl (C=O) groups is 1. The molecule has 3 heterocycles. The number of rotatable bonds is 4. The third kappa shape index (κ3) is 3.36. The highest BCUT2D eigenvalue weighted by molar-refractivity contribution is 8.00. The summed E-state index contributed by atoms with van der Waals surface area (Å²) in [6.45, 7) is 6.00. The summed E-state index contributed by atoms with van der Waals surface area (Å²) in [4.78, 5) is 31.1. The lowest BCUT2D eigenvalue weighted by Crippen LogP contribution is -2.33. The van der Waals surface area contributed by atoms with Crippen molar-refractivity contribution in [3.05, 3.63) is 51.1 Å². The molecule has 0 radical (unpaired) electrons. The molecule has 0 spiro atoms. The summed E-state index contributed by atoms with van der Waals surface area (Å²) in [5.41, 5.74) is 1.12. The number of carbonyl (C=O) groups excluding carboxylic acids is 1. The van der Waals surface area contributed by atoms with Crippen molar-refractivity contribution in [2.24, 2.45) is 0 Å². The van der Waals surface area contributed by atoms with E-state index in [0.29, 0.717) is 34.1 Å². The van der Waals surface area contributed by atoms with Crippen LogP contribution in [0.1, 0.15) is 31.2 Å². The van der Waals surface area contributed by atoms with Gasteiger partial charge in [-0.25, -0.2) is 4.98 Å². The smallest absolute Gasteiger partial charge is 0.267 e. The summed E-state index contributed by atoms with van der Waals surface area (Å²) in [5.74, 6) is -1.19. The fraction of sp³-hybridized carbons (Fsp3) is 0.350. The van der Waals surface area contributed by atoms with Crippen LogP contribution in [-0.2, 0) is 22.6 Å². The molecule has 6 nitrogen and oxygen atoms in total. The Balaban J connectivity index is 1.98. The zero-order valence-electron chi connectivity index (χ0n) is 15.7. The second-order valence-electron chi connectivity index (χ2n) is 7.36. The number of fused-ring (bicyclic) bond motifs is 3. The number of benzene rings is 1. The first-order valence-electron chi connectivity index (χ1n) is 8.91. The number of aromatic nitrogens is 2. The molecule has 0 amide bonds. The van der Waals surface area contributed by atoms with Gasteiger partial charge in [0, 0.05) is 16.5 Å². The second kappa shape index (κ2) is 7.02. The quantitative estimate of drug-likeness (QED) is 0.481. The molecule has 2 aromatic heterocycles. The fourth-order valence-corrected chi connectivity index (χ4v) is 5.27. The Morgan fingerprint density at radius 1 is 1.36 bits per heavy atom. The molecule has 1 aliphatic rings. The van der Waals surface area contributed by atoms with Gasteiger partial charge in [0.2, 0.25) is 0 Å². The average Bonchev–Trinajstić information content (AvgIpc) is 2.99.